The number of esters is 1. The second-order valence-electron chi connectivity index (χ2n) is 4.89. The summed E-state index contributed by atoms with van der Waals surface area (Å²) in [5.41, 5.74) is 0.460. The van der Waals surface area contributed by atoms with Crippen LogP contribution in [0.1, 0.15) is 13.3 Å². The Balaban J connectivity index is 1.84. The zero-order valence-corrected chi connectivity index (χ0v) is 13.3. The van der Waals surface area contributed by atoms with Crippen LogP contribution in [0.5, 0.6) is 0 Å². The van der Waals surface area contributed by atoms with Gasteiger partial charge in [-0.3, -0.25) is 9.59 Å². The Morgan fingerprint density at radius 3 is 2.70 bits per heavy atom. The first-order chi connectivity index (χ1) is 11.0. The van der Waals surface area contributed by atoms with Gasteiger partial charge in [0.25, 0.3) is 0 Å². The zero-order valence-electron chi connectivity index (χ0n) is 12.5. The summed E-state index contributed by atoms with van der Waals surface area (Å²) in [5.74, 6) is -1.22. The van der Waals surface area contributed by atoms with E-state index in [1.54, 1.807) is 6.92 Å². The number of halogens is 1. The first kappa shape index (κ1) is 17.3. The number of rotatable bonds is 5. The van der Waals surface area contributed by atoms with Gasteiger partial charge in [0.15, 0.2) is 0 Å². The molecule has 8 heteroatoms. The molecule has 124 valence electrons. The monoisotopic (exact) mass is 340 g/mol. The SMILES string of the molecule is CCOC(=O)[C@@H]1CS[C@H](CC(=O)Nc2ccc(F)cc2)C(=O)N1. The van der Waals surface area contributed by atoms with E-state index >= 15 is 0 Å². The number of hydrogen-bond acceptors (Lipinski definition) is 5. The number of nitrogens with one attached hydrogen (secondary N) is 2. The highest BCUT2D eigenvalue weighted by Gasteiger charge is 2.34. The van der Waals surface area contributed by atoms with Gasteiger partial charge in [-0.1, -0.05) is 0 Å². The Hall–Kier alpha value is -2.09. The van der Waals surface area contributed by atoms with E-state index in [9.17, 15) is 18.8 Å². The first-order valence-electron chi connectivity index (χ1n) is 7.13. The van der Waals surface area contributed by atoms with E-state index in [-0.39, 0.29) is 24.8 Å². The van der Waals surface area contributed by atoms with Crippen LogP contribution in [0.3, 0.4) is 0 Å². The molecule has 0 bridgehead atoms. The minimum absolute atomic E-state index is 0.0244. The minimum atomic E-state index is -0.677. The highest BCUT2D eigenvalue weighted by atomic mass is 32.2. The van der Waals surface area contributed by atoms with Gasteiger partial charge < -0.3 is 15.4 Å². The molecule has 0 spiro atoms. The summed E-state index contributed by atoms with van der Waals surface area (Å²) in [4.78, 5) is 35.5. The number of anilines is 1. The molecule has 0 saturated carbocycles. The average molecular weight is 340 g/mol. The van der Waals surface area contributed by atoms with Crippen LogP contribution in [0.15, 0.2) is 24.3 Å². The lowest BCUT2D eigenvalue weighted by Gasteiger charge is -2.27. The molecule has 23 heavy (non-hydrogen) atoms. The summed E-state index contributed by atoms with van der Waals surface area (Å²) >= 11 is 1.24. The van der Waals surface area contributed by atoms with Crippen molar-refractivity contribution in [3.63, 3.8) is 0 Å². The predicted molar refractivity (Wildman–Crippen MR) is 84.5 cm³/mol. The van der Waals surface area contributed by atoms with Crippen molar-refractivity contribution in [3.05, 3.63) is 30.1 Å². The molecule has 0 unspecified atom stereocenters. The van der Waals surface area contributed by atoms with E-state index in [0.29, 0.717) is 11.4 Å². The molecule has 1 aromatic carbocycles. The molecular formula is C15H17FN2O4S. The first-order valence-corrected chi connectivity index (χ1v) is 8.18. The lowest BCUT2D eigenvalue weighted by atomic mass is 10.2. The summed E-state index contributed by atoms with van der Waals surface area (Å²) in [6.07, 6.45) is -0.0244. The molecular weight excluding hydrogens is 323 g/mol. The number of benzene rings is 1. The summed E-state index contributed by atoms with van der Waals surface area (Å²) in [5, 5.41) is 4.60. The van der Waals surface area contributed by atoms with Crippen molar-refractivity contribution in [1.29, 1.82) is 0 Å². The molecule has 0 radical (unpaired) electrons. The van der Waals surface area contributed by atoms with Crippen molar-refractivity contribution in [2.45, 2.75) is 24.6 Å². The molecule has 2 rings (SSSR count). The third kappa shape index (κ3) is 4.95. The van der Waals surface area contributed by atoms with Gasteiger partial charge in [0.05, 0.1) is 11.9 Å². The van der Waals surface area contributed by atoms with Crippen molar-refractivity contribution < 1.29 is 23.5 Å². The summed E-state index contributed by atoms with van der Waals surface area (Å²) in [6, 6.07) is 4.68. The van der Waals surface area contributed by atoms with E-state index in [1.807, 2.05) is 0 Å². The van der Waals surface area contributed by atoms with Gasteiger partial charge >= 0.3 is 5.97 Å². The fourth-order valence-electron chi connectivity index (χ4n) is 2.03. The Bertz CT molecular complexity index is 594. The normalized spacial score (nSPS) is 20.5. The minimum Gasteiger partial charge on any atom is -0.464 e. The largest absolute Gasteiger partial charge is 0.464 e. The van der Waals surface area contributed by atoms with Gasteiger partial charge in [-0.25, -0.2) is 9.18 Å². The second kappa shape index (κ2) is 7.96. The maximum atomic E-state index is 12.8. The fourth-order valence-corrected chi connectivity index (χ4v) is 3.16. The average Bonchev–Trinajstić information content (AvgIpc) is 2.52. The Morgan fingerprint density at radius 1 is 1.39 bits per heavy atom. The lowest BCUT2D eigenvalue weighted by Crippen LogP contribution is -2.51. The number of hydrogen-bond donors (Lipinski definition) is 2. The molecule has 1 aliphatic rings. The summed E-state index contributed by atoms with van der Waals surface area (Å²) in [6.45, 7) is 1.94. The van der Waals surface area contributed by atoms with Crippen molar-refractivity contribution in [3.8, 4) is 0 Å². The number of amides is 2. The third-order valence-electron chi connectivity index (χ3n) is 3.14. The van der Waals surface area contributed by atoms with Crippen LogP contribution >= 0.6 is 11.8 Å². The molecule has 6 nitrogen and oxygen atoms in total. The molecule has 2 N–H and O–H groups in total. The standard InChI is InChI=1S/C15H17FN2O4S/c1-2-22-15(21)11-8-23-12(14(20)18-11)7-13(19)17-10-5-3-9(16)4-6-10/h3-6,11-12H,2,7-8H2,1H3,(H,17,19)(H,18,20)/t11-,12+/m0/s1. The molecule has 1 aliphatic heterocycles. The smallest absolute Gasteiger partial charge is 0.329 e. The Labute approximate surface area is 137 Å². The topological polar surface area (TPSA) is 84.5 Å². The molecule has 0 aromatic heterocycles. The van der Waals surface area contributed by atoms with E-state index in [4.69, 9.17) is 4.74 Å². The van der Waals surface area contributed by atoms with Gasteiger partial charge in [-0.05, 0) is 31.2 Å². The van der Waals surface area contributed by atoms with Gasteiger partial charge in [-0.2, -0.15) is 0 Å². The van der Waals surface area contributed by atoms with Crippen LogP contribution in [0.25, 0.3) is 0 Å². The molecule has 2 amide bonds. The van der Waals surface area contributed by atoms with Crippen LogP contribution in [0, 0.1) is 5.82 Å². The van der Waals surface area contributed by atoms with E-state index in [1.165, 1.54) is 36.0 Å². The summed E-state index contributed by atoms with van der Waals surface area (Å²) in [7, 11) is 0. The maximum absolute atomic E-state index is 12.8. The Kier molecular flexibility index (Phi) is 5.97. The van der Waals surface area contributed by atoms with E-state index in [0.717, 1.165) is 0 Å². The number of ether oxygens (including phenoxy) is 1. The molecule has 1 saturated heterocycles. The molecule has 0 aliphatic carbocycles. The van der Waals surface area contributed by atoms with Gasteiger partial charge in [0.2, 0.25) is 11.8 Å². The predicted octanol–water partition coefficient (Wildman–Crippen LogP) is 1.32. The molecule has 2 atom stereocenters. The fraction of sp³-hybridized carbons (Fsp3) is 0.400. The van der Waals surface area contributed by atoms with Gasteiger partial charge in [-0.15, -0.1) is 11.8 Å². The zero-order chi connectivity index (χ0) is 16.8. The summed E-state index contributed by atoms with van der Waals surface area (Å²) < 4.78 is 17.7. The number of thioether (sulfide) groups is 1. The van der Waals surface area contributed by atoms with Crippen molar-refractivity contribution >= 4 is 35.2 Å². The van der Waals surface area contributed by atoms with Crippen molar-refractivity contribution in [2.24, 2.45) is 0 Å². The highest BCUT2D eigenvalue weighted by Crippen LogP contribution is 2.22. The molecule has 1 heterocycles. The van der Waals surface area contributed by atoms with E-state index < -0.39 is 23.1 Å². The van der Waals surface area contributed by atoms with Crippen LogP contribution < -0.4 is 10.6 Å². The quantitative estimate of drug-likeness (QED) is 0.790. The lowest BCUT2D eigenvalue weighted by molar-refractivity contribution is -0.146. The van der Waals surface area contributed by atoms with Crippen LogP contribution in [-0.4, -0.2) is 41.4 Å². The second-order valence-corrected chi connectivity index (χ2v) is 6.13. The van der Waals surface area contributed by atoms with Gasteiger partial charge in [0.1, 0.15) is 11.9 Å². The number of carbonyl (C=O) groups is 3. The van der Waals surface area contributed by atoms with E-state index in [2.05, 4.69) is 10.6 Å². The van der Waals surface area contributed by atoms with Crippen LogP contribution in [0.2, 0.25) is 0 Å². The van der Waals surface area contributed by atoms with Gasteiger partial charge in [0, 0.05) is 17.9 Å². The highest BCUT2D eigenvalue weighted by molar-refractivity contribution is 8.00. The van der Waals surface area contributed by atoms with Crippen LogP contribution in [0.4, 0.5) is 10.1 Å². The Morgan fingerprint density at radius 2 is 2.09 bits per heavy atom. The van der Waals surface area contributed by atoms with Crippen molar-refractivity contribution in [1.82, 2.24) is 5.32 Å². The molecule has 1 fully saturated rings. The third-order valence-corrected chi connectivity index (χ3v) is 4.45. The number of carbonyl (C=O) groups excluding carboxylic acids is 3. The van der Waals surface area contributed by atoms with Crippen LogP contribution in [-0.2, 0) is 19.1 Å². The molecule has 1 aromatic rings. The van der Waals surface area contributed by atoms with Crippen molar-refractivity contribution in [2.75, 3.05) is 17.7 Å². The maximum Gasteiger partial charge on any atom is 0.329 e.